The lowest BCUT2D eigenvalue weighted by atomic mass is 9.95. The van der Waals surface area contributed by atoms with E-state index in [0.717, 1.165) is 16.8 Å². The van der Waals surface area contributed by atoms with Crippen molar-refractivity contribution in [3.63, 3.8) is 0 Å². The summed E-state index contributed by atoms with van der Waals surface area (Å²) in [7, 11) is 0. The Morgan fingerprint density at radius 3 is 2.46 bits per heavy atom. The van der Waals surface area contributed by atoms with Gasteiger partial charge in [-0.05, 0) is 25.3 Å². The molecule has 1 heterocycles. The second-order valence-corrected chi connectivity index (χ2v) is 5.99. The van der Waals surface area contributed by atoms with E-state index in [4.69, 9.17) is 4.52 Å². The second-order valence-electron chi connectivity index (χ2n) is 5.99. The number of benzene rings is 1. The average molecular weight is 330 g/mol. The van der Waals surface area contributed by atoms with Crippen molar-refractivity contribution in [1.82, 2.24) is 10.5 Å². The Morgan fingerprint density at radius 1 is 1.25 bits per heavy atom. The van der Waals surface area contributed by atoms with E-state index in [-0.39, 0.29) is 24.7 Å². The standard InChI is InChI=1S/C18H22N2O4/c1-11(17-12(2)20-24-13(17)3)9-16(21)19-15(18(22)23)10-14-7-5-4-6-8-14/h4-8,11,15H,9-10H2,1-3H3,(H,19,21)(H,22,23)/t11?,15-/m0/s1. The summed E-state index contributed by atoms with van der Waals surface area (Å²) in [5.74, 6) is -0.752. The summed E-state index contributed by atoms with van der Waals surface area (Å²) in [6.07, 6.45) is 0.434. The van der Waals surface area contributed by atoms with Crippen molar-refractivity contribution in [2.75, 3.05) is 0 Å². The van der Waals surface area contributed by atoms with Gasteiger partial charge in [-0.1, -0.05) is 42.4 Å². The Morgan fingerprint density at radius 2 is 1.92 bits per heavy atom. The summed E-state index contributed by atoms with van der Waals surface area (Å²) in [5.41, 5.74) is 2.52. The third-order valence-corrected chi connectivity index (χ3v) is 3.99. The highest BCUT2D eigenvalue weighted by Gasteiger charge is 2.24. The molecule has 6 heteroatoms. The number of rotatable bonds is 7. The molecule has 128 valence electrons. The van der Waals surface area contributed by atoms with Gasteiger partial charge in [0.25, 0.3) is 0 Å². The Hall–Kier alpha value is -2.63. The molecule has 0 saturated carbocycles. The zero-order valence-corrected chi connectivity index (χ0v) is 14.1. The molecule has 24 heavy (non-hydrogen) atoms. The molecule has 0 aliphatic rings. The maximum atomic E-state index is 12.3. The fourth-order valence-electron chi connectivity index (χ4n) is 2.88. The summed E-state index contributed by atoms with van der Waals surface area (Å²) in [6, 6.07) is 8.29. The molecular weight excluding hydrogens is 308 g/mol. The number of aromatic nitrogens is 1. The molecule has 0 fully saturated rings. The van der Waals surface area contributed by atoms with E-state index in [9.17, 15) is 14.7 Å². The van der Waals surface area contributed by atoms with E-state index < -0.39 is 12.0 Å². The van der Waals surface area contributed by atoms with Crippen LogP contribution in [0.3, 0.4) is 0 Å². The van der Waals surface area contributed by atoms with Crippen LogP contribution >= 0.6 is 0 Å². The smallest absolute Gasteiger partial charge is 0.326 e. The van der Waals surface area contributed by atoms with Crippen molar-refractivity contribution in [1.29, 1.82) is 0 Å². The lowest BCUT2D eigenvalue weighted by Gasteiger charge is -2.17. The molecule has 1 amide bonds. The number of amides is 1. The number of aliphatic carboxylic acids is 1. The van der Waals surface area contributed by atoms with E-state index in [2.05, 4.69) is 10.5 Å². The van der Waals surface area contributed by atoms with Gasteiger partial charge in [0.1, 0.15) is 11.8 Å². The highest BCUT2D eigenvalue weighted by Crippen LogP contribution is 2.25. The minimum Gasteiger partial charge on any atom is -0.480 e. The highest BCUT2D eigenvalue weighted by atomic mass is 16.5. The third-order valence-electron chi connectivity index (χ3n) is 3.99. The fraction of sp³-hybridized carbons (Fsp3) is 0.389. The molecule has 6 nitrogen and oxygen atoms in total. The van der Waals surface area contributed by atoms with Gasteiger partial charge >= 0.3 is 5.97 Å². The molecule has 2 rings (SSSR count). The van der Waals surface area contributed by atoms with Crippen LogP contribution in [0.5, 0.6) is 0 Å². The topological polar surface area (TPSA) is 92.4 Å². The van der Waals surface area contributed by atoms with Crippen LogP contribution in [0.15, 0.2) is 34.9 Å². The van der Waals surface area contributed by atoms with Gasteiger partial charge in [0.15, 0.2) is 0 Å². The number of carboxylic acids is 1. The summed E-state index contributed by atoms with van der Waals surface area (Å²) in [5, 5.41) is 15.8. The van der Waals surface area contributed by atoms with E-state index in [1.807, 2.05) is 44.2 Å². The maximum absolute atomic E-state index is 12.3. The number of carbonyl (C=O) groups is 2. The molecule has 2 aromatic rings. The Bertz CT molecular complexity index is 690. The lowest BCUT2D eigenvalue weighted by Crippen LogP contribution is -2.42. The van der Waals surface area contributed by atoms with Crippen LogP contribution in [-0.4, -0.2) is 28.2 Å². The molecule has 2 atom stereocenters. The predicted molar refractivity (Wildman–Crippen MR) is 88.7 cm³/mol. The molecule has 1 aromatic carbocycles. The van der Waals surface area contributed by atoms with E-state index in [0.29, 0.717) is 5.76 Å². The largest absolute Gasteiger partial charge is 0.480 e. The van der Waals surface area contributed by atoms with Crippen molar-refractivity contribution >= 4 is 11.9 Å². The van der Waals surface area contributed by atoms with Crippen LogP contribution in [0.1, 0.15) is 41.8 Å². The van der Waals surface area contributed by atoms with Crippen LogP contribution in [0, 0.1) is 13.8 Å². The molecule has 0 bridgehead atoms. The second kappa shape index (κ2) is 7.77. The molecule has 0 aliphatic heterocycles. The number of carboxylic acid groups (broad SMARTS) is 1. The number of nitrogens with one attached hydrogen (secondary N) is 1. The number of hydrogen-bond donors (Lipinski definition) is 2. The van der Waals surface area contributed by atoms with Crippen molar-refractivity contribution in [2.45, 2.75) is 45.6 Å². The number of aryl methyl sites for hydroxylation is 2. The van der Waals surface area contributed by atoms with Crippen molar-refractivity contribution in [3.8, 4) is 0 Å². The quantitative estimate of drug-likeness (QED) is 0.814. The van der Waals surface area contributed by atoms with Gasteiger partial charge in [0.2, 0.25) is 5.91 Å². The van der Waals surface area contributed by atoms with Crippen LogP contribution in [0.25, 0.3) is 0 Å². The van der Waals surface area contributed by atoms with Gasteiger partial charge in [-0.3, -0.25) is 4.79 Å². The summed E-state index contributed by atoms with van der Waals surface area (Å²) in [4.78, 5) is 23.7. The SMILES string of the molecule is Cc1noc(C)c1C(C)CC(=O)N[C@@H](Cc1ccccc1)C(=O)O. The Kier molecular flexibility index (Phi) is 5.73. The first-order chi connectivity index (χ1) is 11.4. The minimum atomic E-state index is -1.04. The minimum absolute atomic E-state index is 0.0950. The number of hydrogen-bond acceptors (Lipinski definition) is 4. The highest BCUT2D eigenvalue weighted by molar-refractivity contribution is 5.84. The number of nitrogens with zero attached hydrogens (tertiary/aromatic N) is 1. The average Bonchev–Trinajstić information content (AvgIpc) is 2.86. The van der Waals surface area contributed by atoms with Crippen molar-refractivity contribution < 1.29 is 19.2 Å². The van der Waals surface area contributed by atoms with E-state index in [1.54, 1.807) is 6.92 Å². The molecule has 0 aliphatic carbocycles. The zero-order chi connectivity index (χ0) is 17.7. The van der Waals surface area contributed by atoms with Crippen LogP contribution in [0.2, 0.25) is 0 Å². The number of carbonyl (C=O) groups excluding carboxylic acids is 1. The van der Waals surface area contributed by atoms with Crippen molar-refractivity contribution in [3.05, 3.63) is 52.9 Å². The van der Waals surface area contributed by atoms with Gasteiger partial charge in [-0.25, -0.2) is 4.79 Å². The van der Waals surface area contributed by atoms with E-state index >= 15 is 0 Å². The van der Waals surface area contributed by atoms with Gasteiger partial charge in [0.05, 0.1) is 5.69 Å². The normalized spacial score (nSPS) is 13.3. The third kappa shape index (κ3) is 4.44. The van der Waals surface area contributed by atoms with Crippen molar-refractivity contribution in [2.24, 2.45) is 0 Å². The van der Waals surface area contributed by atoms with Crippen LogP contribution < -0.4 is 5.32 Å². The van der Waals surface area contributed by atoms with E-state index in [1.165, 1.54) is 0 Å². The maximum Gasteiger partial charge on any atom is 0.326 e. The molecule has 0 spiro atoms. The molecule has 1 aromatic heterocycles. The van der Waals surface area contributed by atoms with Gasteiger partial charge in [0, 0.05) is 18.4 Å². The van der Waals surface area contributed by atoms with Gasteiger partial charge < -0.3 is 14.9 Å². The zero-order valence-electron chi connectivity index (χ0n) is 14.1. The van der Waals surface area contributed by atoms with Crippen LogP contribution in [0.4, 0.5) is 0 Å². The van der Waals surface area contributed by atoms with Crippen LogP contribution in [-0.2, 0) is 16.0 Å². The fourth-order valence-corrected chi connectivity index (χ4v) is 2.88. The first-order valence-electron chi connectivity index (χ1n) is 7.87. The summed E-state index contributed by atoms with van der Waals surface area (Å²) in [6.45, 7) is 5.54. The lowest BCUT2D eigenvalue weighted by molar-refractivity contribution is -0.141. The van der Waals surface area contributed by atoms with Gasteiger partial charge in [-0.2, -0.15) is 0 Å². The molecule has 2 N–H and O–H groups in total. The Balaban J connectivity index is 1.99. The monoisotopic (exact) mass is 330 g/mol. The summed E-state index contributed by atoms with van der Waals surface area (Å²) >= 11 is 0. The molecule has 0 saturated heterocycles. The molecular formula is C18H22N2O4. The summed E-state index contributed by atoms with van der Waals surface area (Å²) < 4.78 is 5.12. The van der Waals surface area contributed by atoms with Gasteiger partial charge in [-0.15, -0.1) is 0 Å². The molecule has 1 unspecified atom stereocenters. The first-order valence-corrected chi connectivity index (χ1v) is 7.87. The Labute approximate surface area is 140 Å². The molecule has 0 radical (unpaired) electrons. The first kappa shape index (κ1) is 17.7. The predicted octanol–water partition coefficient (Wildman–Crippen LogP) is 2.60.